The maximum absolute atomic E-state index is 12.9. The zero-order valence-electron chi connectivity index (χ0n) is 19.9. The number of rotatable bonds is 9. The van der Waals surface area contributed by atoms with Gasteiger partial charge in [0.15, 0.2) is 17.3 Å². The van der Waals surface area contributed by atoms with Gasteiger partial charge in [-0.1, -0.05) is 36.4 Å². The van der Waals surface area contributed by atoms with Gasteiger partial charge in [-0.05, 0) is 56.5 Å². The zero-order chi connectivity index (χ0) is 23.8. The minimum Gasteiger partial charge on any atom is -0.490 e. The Balaban J connectivity index is 1.35. The Labute approximate surface area is 201 Å². The molecule has 7 heteroatoms. The molecule has 0 saturated carbocycles. The van der Waals surface area contributed by atoms with Gasteiger partial charge >= 0.3 is 0 Å². The topological polar surface area (TPSA) is 76.6 Å². The summed E-state index contributed by atoms with van der Waals surface area (Å²) in [6.45, 7) is 6.99. The molecule has 1 amide bonds. The highest BCUT2D eigenvalue weighted by molar-refractivity contribution is 5.79. The third kappa shape index (κ3) is 5.84. The molecule has 0 radical (unpaired) electrons. The summed E-state index contributed by atoms with van der Waals surface area (Å²) in [4.78, 5) is 15.1. The van der Waals surface area contributed by atoms with Gasteiger partial charge in [-0.2, -0.15) is 0 Å². The first kappa shape index (κ1) is 23.5. The van der Waals surface area contributed by atoms with Crippen LogP contribution in [0.2, 0.25) is 0 Å². The fraction of sp³-hybridized carbons (Fsp3) is 0.370. The van der Waals surface area contributed by atoms with Crippen LogP contribution in [-0.4, -0.2) is 42.4 Å². The second-order valence-corrected chi connectivity index (χ2v) is 8.29. The van der Waals surface area contributed by atoms with Crippen molar-refractivity contribution in [3.63, 3.8) is 0 Å². The van der Waals surface area contributed by atoms with Gasteiger partial charge in [0, 0.05) is 25.2 Å². The number of ether oxygens (including phenoxy) is 2. The third-order valence-corrected chi connectivity index (χ3v) is 5.91. The van der Waals surface area contributed by atoms with Crippen LogP contribution in [0, 0.1) is 5.92 Å². The minimum atomic E-state index is -0.0848. The van der Waals surface area contributed by atoms with Gasteiger partial charge in [-0.3, -0.25) is 4.79 Å². The summed E-state index contributed by atoms with van der Waals surface area (Å²) in [6, 6.07) is 19.8. The van der Waals surface area contributed by atoms with Crippen molar-refractivity contribution in [1.29, 1.82) is 0 Å². The molecule has 4 rings (SSSR count). The number of amides is 1. The zero-order valence-corrected chi connectivity index (χ0v) is 19.9. The number of hydrogen-bond donors (Lipinski definition) is 1. The molecule has 1 atom stereocenters. The van der Waals surface area contributed by atoms with Gasteiger partial charge in [0.25, 0.3) is 0 Å². The van der Waals surface area contributed by atoms with Crippen LogP contribution in [0.3, 0.4) is 0 Å². The van der Waals surface area contributed by atoms with Gasteiger partial charge in [0.1, 0.15) is 0 Å². The van der Waals surface area contributed by atoms with Crippen molar-refractivity contribution in [3.05, 3.63) is 66.2 Å². The molecule has 0 aliphatic carbocycles. The highest BCUT2D eigenvalue weighted by Gasteiger charge is 2.26. The quantitative estimate of drug-likeness (QED) is 0.508. The lowest BCUT2D eigenvalue weighted by Gasteiger charge is -2.32. The predicted octanol–water partition coefficient (Wildman–Crippen LogP) is 4.47. The first-order valence-electron chi connectivity index (χ1n) is 12.0. The van der Waals surface area contributed by atoms with Crippen molar-refractivity contribution in [2.75, 3.05) is 31.2 Å². The van der Waals surface area contributed by atoms with Gasteiger partial charge in [-0.25, -0.2) is 0 Å². The molecule has 2 heterocycles. The molecule has 178 valence electrons. The highest BCUT2D eigenvalue weighted by Crippen LogP contribution is 2.29. The van der Waals surface area contributed by atoms with E-state index in [1.807, 2.05) is 74.5 Å². The van der Waals surface area contributed by atoms with Crippen LogP contribution < -0.4 is 19.7 Å². The second-order valence-electron chi connectivity index (χ2n) is 8.29. The molecular formula is C27H32N4O3. The Bertz CT molecular complexity index is 1070. The summed E-state index contributed by atoms with van der Waals surface area (Å²) in [7, 11) is 0. The summed E-state index contributed by atoms with van der Waals surface area (Å²) >= 11 is 0. The predicted molar refractivity (Wildman–Crippen MR) is 133 cm³/mol. The maximum atomic E-state index is 12.9. The van der Waals surface area contributed by atoms with E-state index in [0.717, 1.165) is 47.8 Å². The van der Waals surface area contributed by atoms with Crippen molar-refractivity contribution >= 4 is 11.7 Å². The van der Waals surface area contributed by atoms with Gasteiger partial charge < -0.3 is 19.7 Å². The van der Waals surface area contributed by atoms with Crippen molar-refractivity contribution < 1.29 is 14.3 Å². The average molecular weight is 461 g/mol. The number of hydrogen-bond acceptors (Lipinski definition) is 6. The van der Waals surface area contributed by atoms with Crippen LogP contribution in [0.1, 0.15) is 32.3 Å². The highest BCUT2D eigenvalue weighted by atomic mass is 16.5. The molecule has 34 heavy (non-hydrogen) atoms. The fourth-order valence-corrected chi connectivity index (χ4v) is 4.19. The molecule has 0 spiro atoms. The fourth-order valence-electron chi connectivity index (χ4n) is 4.19. The van der Waals surface area contributed by atoms with Crippen molar-refractivity contribution in [1.82, 2.24) is 15.5 Å². The van der Waals surface area contributed by atoms with E-state index in [-0.39, 0.29) is 11.8 Å². The molecule has 2 aromatic carbocycles. The Kier molecular flexibility index (Phi) is 7.96. The molecule has 1 fully saturated rings. The molecule has 1 saturated heterocycles. The van der Waals surface area contributed by atoms with E-state index >= 15 is 0 Å². The summed E-state index contributed by atoms with van der Waals surface area (Å²) in [5.74, 6) is 2.22. The standard InChI is InChI=1S/C27H32N4O3/c1-3-33-24-14-12-20(17-25(24)34-4-2)18-28-27(32)22-11-8-16-31(19-22)26-15-13-23(29-30-26)21-9-6-5-7-10-21/h5-7,9-10,12-15,17,22H,3-4,8,11,16,18-19H2,1-2H3,(H,28,32). The van der Waals surface area contributed by atoms with E-state index in [1.54, 1.807) is 0 Å². The van der Waals surface area contributed by atoms with Crippen LogP contribution in [0.4, 0.5) is 5.82 Å². The number of anilines is 1. The Morgan fingerprint density at radius 3 is 2.53 bits per heavy atom. The molecule has 0 bridgehead atoms. The molecule has 7 nitrogen and oxygen atoms in total. The van der Waals surface area contributed by atoms with Gasteiger partial charge in [-0.15, -0.1) is 10.2 Å². The molecule has 1 N–H and O–H groups in total. The van der Waals surface area contributed by atoms with Crippen molar-refractivity contribution in [2.45, 2.75) is 33.2 Å². The van der Waals surface area contributed by atoms with Crippen LogP contribution in [0.5, 0.6) is 11.5 Å². The molecular weight excluding hydrogens is 428 g/mol. The smallest absolute Gasteiger partial charge is 0.225 e. The number of aromatic nitrogens is 2. The lowest BCUT2D eigenvalue weighted by molar-refractivity contribution is -0.125. The number of piperidine rings is 1. The molecule has 1 aromatic heterocycles. The summed E-state index contributed by atoms with van der Waals surface area (Å²) < 4.78 is 11.3. The maximum Gasteiger partial charge on any atom is 0.225 e. The van der Waals surface area contributed by atoms with Gasteiger partial charge in [0.05, 0.1) is 24.8 Å². The van der Waals surface area contributed by atoms with E-state index in [0.29, 0.717) is 32.1 Å². The average Bonchev–Trinajstić information content (AvgIpc) is 2.89. The Hall–Kier alpha value is -3.61. The van der Waals surface area contributed by atoms with E-state index in [9.17, 15) is 4.79 Å². The largest absolute Gasteiger partial charge is 0.490 e. The lowest BCUT2D eigenvalue weighted by Crippen LogP contribution is -2.43. The second kappa shape index (κ2) is 11.5. The van der Waals surface area contributed by atoms with E-state index in [4.69, 9.17) is 9.47 Å². The van der Waals surface area contributed by atoms with Crippen molar-refractivity contribution in [2.24, 2.45) is 5.92 Å². The first-order chi connectivity index (χ1) is 16.7. The number of benzene rings is 2. The molecule has 1 aliphatic rings. The number of carbonyl (C=O) groups excluding carboxylic acids is 1. The number of carbonyl (C=O) groups is 1. The third-order valence-electron chi connectivity index (χ3n) is 5.91. The van der Waals surface area contributed by atoms with Crippen LogP contribution >= 0.6 is 0 Å². The lowest BCUT2D eigenvalue weighted by atomic mass is 9.97. The Morgan fingerprint density at radius 2 is 1.79 bits per heavy atom. The monoisotopic (exact) mass is 460 g/mol. The van der Waals surface area contributed by atoms with E-state index < -0.39 is 0 Å². The number of nitrogens with zero attached hydrogens (tertiary/aromatic N) is 3. The van der Waals surface area contributed by atoms with Crippen molar-refractivity contribution in [3.8, 4) is 22.8 Å². The van der Waals surface area contributed by atoms with E-state index in [1.165, 1.54) is 0 Å². The molecule has 3 aromatic rings. The first-order valence-corrected chi connectivity index (χ1v) is 12.0. The minimum absolute atomic E-state index is 0.0606. The number of nitrogens with one attached hydrogen (secondary N) is 1. The van der Waals surface area contributed by atoms with Crippen LogP contribution in [0.25, 0.3) is 11.3 Å². The van der Waals surface area contributed by atoms with E-state index in [2.05, 4.69) is 20.4 Å². The SMILES string of the molecule is CCOc1ccc(CNC(=O)C2CCCN(c3ccc(-c4ccccc4)nn3)C2)cc1OCC. The van der Waals surface area contributed by atoms with Crippen LogP contribution in [-0.2, 0) is 11.3 Å². The summed E-state index contributed by atoms with van der Waals surface area (Å²) in [5.41, 5.74) is 2.87. The molecule has 1 unspecified atom stereocenters. The van der Waals surface area contributed by atoms with Crippen LogP contribution in [0.15, 0.2) is 60.7 Å². The Morgan fingerprint density at radius 1 is 1.00 bits per heavy atom. The molecule has 1 aliphatic heterocycles. The van der Waals surface area contributed by atoms with Gasteiger partial charge in [0.2, 0.25) is 5.91 Å². The summed E-state index contributed by atoms with van der Waals surface area (Å²) in [6.07, 6.45) is 1.81. The summed E-state index contributed by atoms with van der Waals surface area (Å²) in [5, 5.41) is 11.9. The normalized spacial score (nSPS) is 15.6.